The van der Waals surface area contributed by atoms with Crippen molar-refractivity contribution in [1.29, 1.82) is 0 Å². The van der Waals surface area contributed by atoms with Gasteiger partial charge in [0.2, 0.25) is 0 Å². The second-order valence-corrected chi connectivity index (χ2v) is 11.7. The predicted molar refractivity (Wildman–Crippen MR) is 168 cm³/mol. The van der Waals surface area contributed by atoms with Crippen LogP contribution in [0.2, 0.25) is 0 Å². The third-order valence-corrected chi connectivity index (χ3v) is 7.36. The van der Waals surface area contributed by atoms with Crippen molar-refractivity contribution >= 4 is 34.5 Å². The molecule has 1 aliphatic rings. The third-order valence-electron chi connectivity index (χ3n) is 7.36. The number of amides is 2. The molecule has 0 spiro atoms. The lowest BCUT2D eigenvalue weighted by atomic mass is 9.92. The Hall–Kier alpha value is -5.10. The first-order valence-corrected chi connectivity index (χ1v) is 14.4. The number of nitrogens with one attached hydrogen (secondary N) is 2. The molecule has 0 atom stereocenters. The highest BCUT2D eigenvalue weighted by Crippen LogP contribution is 2.31. The molecule has 12 heteroatoms. The molecule has 2 N–H and O–H groups in total. The minimum Gasteiger partial charge on any atom is -0.455 e. The minimum absolute atomic E-state index is 0.00660. The standard InChI is InChI=1S/C32H34FN9O2/c1-32(2,3)26-19-27(42(39-26)21-8-6-5-7-9-21)38-31(43)36-24-11-10-22(18-23(24)33)44-25-12-13-34-30-29(25)35-20-28(37-30)41-16-14-40(4)15-17-41/h5-13,18-20H,14-17H2,1-4H3,(H2,36,38,43). The van der Waals surface area contributed by atoms with E-state index in [1.807, 2.05) is 57.2 Å². The molecule has 0 saturated carbocycles. The number of anilines is 3. The average molecular weight is 596 g/mol. The number of pyridine rings is 1. The number of para-hydroxylation sites is 1. The smallest absolute Gasteiger partial charge is 0.324 e. The number of likely N-dealkylation sites (N-methyl/N-ethyl adjacent to an activating group) is 1. The fourth-order valence-corrected chi connectivity index (χ4v) is 4.82. The average Bonchev–Trinajstić information content (AvgIpc) is 3.44. The maximum atomic E-state index is 15.2. The Balaban J connectivity index is 1.16. The molecule has 0 aliphatic carbocycles. The van der Waals surface area contributed by atoms with Crippen LogP contribution in [-0.2, 0) is 5.41 Å². The Labute approximate surface area is 254 Å². The number of halogens is 1. The second kappa shape index (κ2) is 11.9. The van der Waals surface area contributed by atoms with Gasteiger partial charge in [0.15, 0.2) is 16.9 Å². The normalized spacial score (nSPS) is 14.1. The van der Waals surface area contributed by atoms with Crippen LogP contribution in [0.4, 0.5) is 26.5 Å². The Morgan fingerprint density at radius 2 is 1.73 bits per heavy atom. The molecule has 4 heterocycles. The molecule has 2 aromatic carbocycles. The number of ether oxygens (including phenoxy) is 1. The molecule has 0 bridgehead atoms. The van der Waals surface area contributed by atoms with E-state index in [-0.39, 0.29) is 16.9 Å². The molecular weight excluding hydrogens is 561 g/mol. The summed E-state index contributed by atoms with van der Waals surface area (Å²) in [6, 6.07) is 16.6. The summed E-state index contributed by atoms with van der Waals surface area (Å²) in [5, 5.41) is 10.1. The minimum atomic E-state index is -0.661. The van der Waals surface area contributed by atoms with Gasteiger partial charge in [0.05, 0.1) is 23.3 Å². The van der Waals surface area contributed by atoms with Gasteiger partial charge < -0.3 is 19.9 Å². The van der Waals surface area contributed by atoms with Gasteiger partial charge >= 0.3 is 6.03 Å². The first-order valence-electron chi connectivity index (χ1n) is 14.4. The van der Waals surface area contributed by atoms with E-state index in [0.29, 0.717) is 22.7 Å². The van der Waals surface area contributed by atoms with E-state index in [1.54, 1.807) is 29.2 Å². The molecule has 1 saturated heterocycles. The van der Waals surface area contributed by atoms with E-state index in [4.69, 9.17) is 9.84 Å². The van der Waals surface area contributed by atoms with Crippen LogP contribution in [0.3, 0.4) is 0 Å². The van der Waals surface area contributed by atoms with E-state index in [1.165, 1.54) is 12.1 Å². The Kier molecular flexibility index (Phi) is 7.83. The highest BCUT2D eigenvalue weighted by atomic mass is 19.1. The fourth-order valence-electron chi connectivity index (χ4n) is 4.82. The number of nitrogens with zero attached hydrogens (tertiary/aromatic N) is 7. The van der Waals surface area contributed by atoms with E-state index in [0.717, 1.165) is 43.4 Å². The lowest BCUT2D eigenvalue weighted by Gasteiger charge is -2.32. The summed E-state index contributed by atoms with van der Waals surface area (Å²) >= 11 is 0. The van der Waals surface area contributed by atoms with Crippen LogP contribution < -0.4 is 20.3 Å². The number of aromatic nitrogens is 5. The number of piperazine rings is 1. The van der Waals surface area contributed by atoms with Crippen molar-refractivity contribution in [2.24, 2.45) is 0 Å². The van der Waals surface area contributed by atoms with E-state index >= 15 is 4.39 Å². The van der Waals surface area contributed by atoms with Crippen molar-refractivity contribution in [2.75, 3.05) is 48.8 Å². The van der Waals surface area contributed by atoms with Crippen molar-refractivity contribution in [3.05, 3.63) is 84.6 Å². The van der Waals surface area contributed by atoms with Gasteiger partial charge in [-0.05, 0) is 31.3 Å². The van der Waals surface area contributed by atoms with Crippen LogP contribution in [0.25, 0.3) is 16.9 Å². The van der Waals surface area contributed by atoms with E-state index in [2.05, 4.69) is 42.4 Å². The van der Waals surface area contributed by atoms with Crippen LogP contribution in [0.1, 0.15) is 26.5 Å². The maximum absolute atomic E-state index is 15.2. The summed E-state index contributed by atoms with van der Waals surface area (Å²) in [5.74, 6) is 1.19. The van der Waals surface area contributed by atoms with E-state index in [9.17, 15) is 4.79 Å². The lowest BCUT2D eigenvalue weighted by Crippen LogP contribution is -2.44. The quantitative estimate of drug-likeness (QED) is 0.252. The number of carbonyl (C=O) groups excluding carboxylic acids is 1. The molecule has 2 amide bonds. The molecule has 226 valence electrons. The highest BCUT2D eigenvalue weighted by molar-refractivity contribution is 5.99. The summed E-state index contributed by atoms with van der Waals surface area (Å²) in [6.07, 6.45) is 3.30. The van der Waals surface area contributed by atoms with E-state index < -0.39 is 11.8 Å². The van der Waals surface area contributed by atoms with Gasteiger partial charge in [-0.2, -0.15) is 5.10 Å². The topological polar surface area (TPSA) is 113 Å². The van der Waals surface area contributed by atoms with Gasteiger partial charge in [-0.3, -0.25) is 5.32 Å². The van der Waals surface area contributed by atoms with Crippen LogP contribution in [0, 0.1) is 5.82 Å². The number of rotatable bonds is 6. The molecule has 11 nitrogen and oxygen atoms in total. The molecular formula is C32H34FN9O2. The largest absolute Gasteiger partial charge is 0.455 e. The molecule has 0 radical (unpaired) electrons. The van der Waals surface area contributed by atoms with Crippen LogP contribution in [0.15, 0.2) is 73.1 Å². The molecule has 44 heavy (non-hydrogen) atoms. The molecule has 6 rings (SSSR count). The summed E-state index contributed by atoms with van der Waals surface area (Å²) in [7, 11) is 2.10. The zero-order valence-corrected chi connectivity index (χ0v) is 25.1. The first-order chi connectivity index (χ1) is 21.1. The number of hydrogen-bond acceptors (Lipinski definition) is 8. The number of carbonyl (C=O) groups is 1. The number of urea groups is 1. The van der Waals surface area contributed by atoms with Crippen LogP contribution >= 0.6 is 0 Å². The zero-order chi connectivity index (χ0) is 30.8. The Bertz CT molecular complexity index is 1800. The lowest BCUT2D eigenvalue weighted by molar-refractivity contribution is 0.262. The molecule has 0 unspecified atom stereocenters. The van der Waals surface area contributed by atoms with Crippen molar-refractivity contribution in [3.8, 4) is 17.2 Å². The zero-order valence-electron chi connectivity index (χ0n) is 25.1. The van der Waals surface area contributed by atoms with Gasteiger partial charge in [-0.1, -0.05) is 39.0 Å². The van der Waals surface area contributed by atoms with Gasteiger partial charge in [0, 0.05) is 56.0 Å². The van der Waals surface area contributed by atoms with Crippen LogP contribution in [-0.4, -0.2) is 68.9 Å². The van der Waals surface area contributed by atoms with Crippen molar-refractivity contribution < 1.29 is 13.9 Å². The number of hydrogen-bond donors (Lipinski definition) is 2. The monoisotopic (exact) mass is 595 g/mol. The summed E-state index contributed by atoms with van der Waals surface area (Å²) in [5.41, 5.74) is 2.25. The molecule has 3 aromatic heterocycles. The fraction of sp³-hybridized carbons (Fsp3) is 0.281. The summed E-state index contributed by atoms with van der Waals surface area (Å²) in [6.45, 7) is 9.75. The Morgan fingerprint density at radius 3 is 2.45 bits per heavy atom. The second-order valence-electron chi connectivity index (χ2n) is 11.7. The summed E-state index contributed by atoms with van der Waals surface area (Å²) in [4.78, 5) is 31.0. The number of benzene rings is 2. The number of fused-ring (bicyclic) bond motifs is 1. The summed E-state index contributed by atoms with van der Waals surface area (Å²) < 4.78 is 22.8. The molecule has 5 aromatic rings. The van der Waals surface area contributed by atoms with Crippen molar-refractivity contribution in [2.45, 2.75) is 26.2 Å². The molecule has 1 fully saturated rings. The first kappa shape index (κ1) is 29.0. The highest BCUT2D eigenvalue weighted by Gasteiger charge is 2.22. The predicted octanol–water partition coefficient (Wildman–Crippen LogP) is 5.84. The Morgan fingerprint density at radius 1 is 0.955 bits per heavy atom. The molecule has 1 aliphatic heterocycles. The SMILES string of the molecule is CN1CCN(c2cnc3c(Oc4ccc(NC(=O)Nc5cc(C(C)(C)C)nn5-c5ccccc5)c(F)c4)ccnc3n2)CC1. The van der Waals surface area contributed by atoms with Gasteiger partial charge in [0.25, 0.3) is 0 Å². The van der Waals surface area contributed by atoms with Crippen molar-refractivity contribution in [1.82, 2.24) is 29.6 Å². The van der Waals surface area contributed by atoms with Crippen molar-refractivity contribution in [3.63, 3.8) is 0 Å². The maximum Gasteiger partial charge on any atom is 0.324 e. The van der Waals surface area contributed by atoms with Gasteiger partial charge in [-0.25, -0.2) is 28.8 Å². The van der Waals surface area contributed by atoms with Gasteiger partial charge in [-0.15, -0.1) is 0 Å². The van der Waals surface area contributed by atoms with Gasteiger partial charge in [0.1, 0.15) is 23.2 Å². The van der Waals surface area contributed by atoms with Crippen LogP contribution in [0.5, 0.6) is 11.5 Å². The third kappa shape index (κ3) is 6.30.